The van der Waals surface area contributed by atoms with Gasteiger partial charge in [-0.2, -0.15) is 0 Å². The second kappa shape index (κ2) is 4.97. The molecule has 20 heavy (non-hydrogen) atoms. The average Bonchev–Trinajstić information content (AvgIpc) is 3.07. The number of H-pyrrole nitrogens is 1. The van der Waals surface area contributed by atoms with E-state index in [1.165, 1.54) is 11.3 Å². The highest BCUT2D eigenvalue weighted by molar-refractivity contribution is 7.17. The number of carbonyl (C=O) groups excluding carboxylic acids is 1. The van der Waals surface area contributed by atoms with Gasteiger partial charge in [-0.05, 0) is 25.1 Å². The molecule has 3 heterocycles. The highest BCUT2D eigenvalue weighted by Gasteiger charge is 2.16. The number of fused-ring (bicyclic) bond motifs is 1. The number of carbonyl (C=O) groups is 1. The number of esters is 1. The first-order valence-electron chi connectivity index (χ1n) is 6.06. The topological polar surface area (TPSA) is 72.3 Å². The van der Waals surface area contributed by atoms with E-state index in [9.17, 15) is 9.59 Å². The summed E-state index contributed by atoms with van der Waals surface area (Å²) in [5, 5.41) is 2.37. The van der Waals surface area contributed by atoms with E-state index >= 15 is 0 Å². The van der Waals surface area contributed by atoms with Crippen molar-refractivity contribution >= 4 is 27.4 Å². The summed E-state index contributed by atoms with van der Waals surface area (Å²) in [4.78, 5) is 26.4. The van der Waals surface area contributed by atoms with Crippen molar-refractivity contribution in [3.05, 3.63) is 45.9 Å². The molecule has 5 nitrogen and oxygen atoms in total. The van der Waals surface area contributed by atoms with Gasteiger partial charge in [0.2, 0.25) is 0 Å². The Balaban J connectivity index is 2.17. The van der Waals surface area contributed by atoms with Crippen LogP contribution < -0.4 is 5.56 Å². The summed E-state index contributed by atoms with van der Waals surface area (Å²) in [7, 11) is 0. The van der Waals surface area contributed by atoms with Crippen molar-refractivity contribution < 1.29 is 13.9 Å². The normalized spacial score (nSPS) is 10.8. The fourth-order valence-corrected chi connectivity index (χ4v) is 2.98. The van der Waals surface area contributed by atoms with Gasteiger partial charge in [-0.25, -0.2) is 4.79 Å². The van der Waals surface area contributed by atoms with Gasteiger partial charge in [-0.1, -0.05) is 0 Å². The third kappa shape index (κ3) is 2.04. The lowest BCUT2D eigenvalue weighted by molar-refractivity contribution is 0.0519. The van der Waals surface area contributed by atoms with Gasteiger partial charge >= 0.3 is 5.97 Å². The molecule has 0 aromatic carbocycles. The third-order valence-corrected chi connectivity index (χ3v) is 3.78. The van der Waals surface area contributed by atoms with Crippen LogP contribution in [0.15, 0.2) is 39.1 Å². The molecule has 0 bridgehead atoms. The van der Waals surface area contributed by atoms with Crippen LogP contribution in [0.4, 0.5) is 0 Å². The number of hydrogen-bond acceptors (Lipinski definition) is 5. The van der Waals surface area contributed by atoms with Crippen LogP contribution in [0.1, 0.15) is 17.4 Å². The minimum Gasteiger partial charge on any atom is -0.464 e. The lowest BCUT2D eigenvalue weighted by Crippen LogP contribution is -2.14. The SMILES string of the molecule is CCOC(=O)c1cc2scc(-c3ccco3)c2c(=O)[nH]1. The molecule has 0 fully saturated rings. The Kier molecular flexibility index (Phi) is 3.15. The van der Waals surface area contributed by atoms with Crippen molar-refractivity contribution in [3.63, 3.8) is 0 Å². The Bertz CT molecular complexity index is 813. The van der Waals surface area contributed by atoms with E-state index in [2.05, 4.69) is 4.98 Å². The van der Waals surface area contributed by atoms with E-state index in [1.54, 1.807) is 31.4 Å². The second-order valence-electron chi connectivity index (χ2n) is 4.10. The van der Waals surface area contributed by atoms with Gasteiger partial charge in [-0.3, -0.25) is 4.79 Å². The van der Waals surface area contributed by atoms with E-state index in [0.717, 1.165) is 10.3 Å². The predicted octanol–water partition coefficient (Wildman–Crippen LogP) is 3.03. The molecule has 6 heteroatoms. The maximum Gasteiger partial charge on any atom is 0.354 e. The lowest BCUT2D eigenvalue weighted by atomic mass is 10.1. The Morgan fingerprint density at radius 1 is 1.50 bits per heavy atom. The van der Waals surface area contributed by atoms with Crippen molar-refractivity contribution in [1.29, 1.82) is 0 Å². The van der Waals surface area contributed by atoms with Crippen LogP contribution in [0.5, 0.6) is 0 Å². The minimum atomic E-state index is -0.528. The molecule has 0 atom stereocenters. The first-order valence-corrected chi connectivity index (χ1v) is 6.94. The minimum absolute atomic E-state index is 0.164. The molecule has 0 radical (unpaired) electrons. The second-order valence-corrected chi connectivity index (χ2v) is 5.01. The Morgan fingerprint density at radius 2 is 2.35 bits per heavy atom. The molecular weight excluding hydrogens is 278 g/mol. The number of aromatic amines is 1. The lowest BCUT2D eigenvalue weighted by Gasteiger charge is -2.01. The summed E-state index contributed by atoms with van der Waals surface area (Å²) in [6.45, 7) is 1.98. The number of hydrogen-bond donors (Lipinski definition) is 1. The quantitative estimate of drug-likeness (QED) is 0.752. The zero-order chi connectivity index (χ0) is 14.1. The van der Waals surface area contributed by atoms with Gasteiger partial charge in [0.05, 0.1) is 18.3 Å². The summed E-state index contributed by atoms with van der Waals surface area (Å²) in [5.41, 5.74) is 0.571. The van der Waals surface area contributed by atoms with Crippen LogP contribution in [-0.4, -0.2) is 17.6 Å². The van der Waals surface area contributed by atoms with Crippen molar-refractivity contribution in [2.45, 2.75) is 6.92 Å². The number of thiophene rings is 1. The predicted molar refractivity (Wildman–Crippen MR) is 76.1 cm³/mol. The monoisotopic (exact) mass is 289 g/mol. The number of nitrogens with one attached hydrogen (secondary N) is 1. The third-order valence-electron chi connectivity index (χ3n) is 2.85. The van der Waals surface area contributed by atoms with E-state index in [-0.39, 0.29) is 17.9 Å². The maximum absolute atomic E-state index is 12.2. The molecule has 1 N–H and O–H groups in total. The number of furan rings is 1. The number of aromatic nitrogens is 1. The molecule has 102 valence electrons. The van der Waals surface area contributed by atoms with Crippen LogP contribution in [0.25, 0.3) is 21.4 Å². The first-order chi connectivity index (χ1) is 9.70. The van der Waals surface area contributed by atoms with Crippen molar-refractivity contribution in [2.75, 3.05) is 6.61 Å². The summed E-state index contributed by atoms with van der Waals surface area (Å²) in [6, 6.07) is 5.19. The molecule has 0 spiro atoms. The molecule has 0 aliphatic carbocycles. The van der Waals surface area contributed by atoms with Gasteiger partial charge in [0.15, 0.2) is 0 Å². The summed E-state index contributed by atoms with van der Waals surface area (Å²) >= 11 is 1.39. The summed E-state index contributed by atoms with van der Waals surface area (Å²) in [6.07, 6.45) is 1.56. The van der Waals surface area contributed by atoms with Gasteiger partial charge < -0.3 is 14.1 Å². The molecule has 0 unspecified atom stereocenters. The average molecular weight is 289 g/mol. The van der Waals surface area contributed by atoms with Crippen LogP contribution in [0, 0.1) is 0 Å². The highest BCUT2D eigenvalue weighted by atomic mass is 32.1. The fraction of sp³-hybridized carbons (Fsp3) is 0.143. The van der Waals surface area contributed by atoms with Crippen molar-refractivity contribution in [3.8, 4) is 11.3 Å². The Labute approximate surface area is 117 Å². The van der Waals surface area contributed by atoms with Crippen molar-refractivity contribution in [2.24, 2.45) is 0 Å². The van der Waals surface area contributed by atoms with E-state index in [4.69, 9.17) is 9.15 Å². The van der Waals surface area contributed by atoms with E-state index in [0.29, 0.717) is 11.1 Å². The van der Waals surface area contributed by atoms with Gasteiger partial charge in [0, 0.05) is 15.6 Å². The maximum atomic E-state index is 12.2. The Hall–Kier alpha value is -2.34. The summed E-state index contributed by atoms with van der Waals surface area (Å²) in [5.74, 6) is 0.102. The molecule has 0 amide bonds. The molecule has 3 rings (SSSR count). The van der Waals surface area contributed by atoms with E-state index < -0.39 is 5.97 Å². The van der Waals surface area contributed by atoms with E-state index in [1.807, 2.05) is 5.38 Å². The number of ether oxygens (including phenoxy) is 1. The largest absolute Gasteiger partial charge is 0.464 e. The summed E-state index contributed by atoms with van der Waals surface area (Å²) < 4.78 is 10.9. The fourth-order valence-electron chi connectivity index (χ4n) is 2.00. The van der Waals surface area contributed by atoms with Gasteiger partial charge in [0.25, 0.3) is 5.56 Å². The first kappa shape index (κ1) is 12.7. The molecular formula is C14H11NO4S. The zero-order valence-electron chi connectivity index (χ0n) is 10.6. The van der Waals surface area contributed by atoms with Crippen LogP contribution >= 0.6 is 11.3 Å². The molecule has 3 aromatic rings. The number of rotatable bonds is 3. The number of pyridine rings is 1. The van der Waals surface area contributed by atoms with Crippen LogP contribution in [0.2, 0.25) is 0 Å². The molecule has 0 aliphatic heterocycles. The molecule has 0 saturated heterocycles. The zero-order valence-corrected chi connectivity index (χ0v) is 11.5. The van der Waals surface area contributed by atoms with Crippen LogP contribution in [0.3, 0.4) is 0 Å². The molecule has 0 aliphatic rings. The smallest absolute Gasteiger partial charge is 0.354 e. The Morgan fingerprint density at radius 3 is 3.05 bits per heavy atom. The highest BCUT2D eigenvalue weighted by Crippen LogP contribution is 2.32. The molecule has 0 saturated carbocycles. The van der Waals surface area contributed by atoms with Gasteiger partial charge in [-0.15, -0.1) is 11.3 Å². The molecule has 3 aromatic heterocycles. The van der Waals surface area contributed by atoms with Gasteiger partial charge in [0.1, 0.15) is 11.5 Å². The van der Waals surface area contributed by atoms with Crippen molar-refractivity contribution in [1.82, 2.24) is 4.98 Å². The van der Waals surface area contributed by atoms with Crippen LogP contribution in [-0.2, 0) is 4.74 Å². The standard InChI is InChI=1S/C14H11NO4S/c1-2-18-14(17)9-6-11-12(13(16)15-9)8(7-20-11)10-4-3-5-19-10/h3-7H,2H2,1H3,(H,15,16).